The maximum absolute atomic E-state index is 11.7. The molecule has 132 valence electrons. The third-order valence-electron chi connectivity index (χ3n) is 3.64. The van der Waals surface area contributed by atoms with E-state index in [2.05, 4.69) is 25.3 Å². The maximum Gasteiger partial charge on any atom is 0.254 e. The lowest BCUT2D eigenvalue weighted by atomic mass is 10.2. The molecule has 0 aliphatic carbocycles. The van der Waals surface area contributed by atoms with Crippen LogP contribution in [0.1, 0.15) is 17.3 Å². The summed E-state index contributed by atoms with van der Waals surface area (Å²) in [5, 5.41) is 4.10. The lowest BCUT2D eigenvalue weighted by Gasteiger charge is -2.20. The molecule has 0 saturated heterocycles. The molecule has 1 aromatic carbocycles. The highest BCUT2D eigenvalue weighted by Gasteiger charge is 2.17. The van der Waals surface area contributed by atoms with Gasteiger partial charge in [-0.05, 0) is 25.1 Å². The van der Waals surface area contributed by atoms with E-state index in [0.717, 1.165) is 10.5 Å². The molecule has 0 aliphatic heterocycles. The molecule has 0 unspecified atom stereocenters. The Morgan fingerprint density at radius 2 is 1.96 bits per heavy atom. The standard InChI is InChI=1S/C16H16N8O2/c1-9(8-25)24(18)16-21-7-11(14(17)26)15(23-16)22-10-2-3-12-13(6-10)20-5-4-19-12/h2-9H,18H2,1H3,(H2,17,26)(H,21,22,23)/t9-/m1/s1. The third kappa shape index (κ3) is 3.39. The van der Waals surface area contributed by atoms with Crippen LogP contribution in [0.4, 0.5) is 17.5 Å². The molecule has 10 heteroatoms. The number of carbonyl (C=O) groups excluding carboxylic acids is 2. The minimum atomic E-state index is -0.702. The zero-order chi connectivity index (χ0) is 18.7. The van der Waals surface area contributed by atoms with E-state index in [9.17, 15) is 9.59 Å². The summed E-state index contributed by atoms with van der Waals surface area (Å²) in [6.07, 6.45) is 5.09. The summed E-state index contributed by atoms with van der Waals surface area (Å²) >= 11 is 0. The predicted molar refractivity (Wildman–Crippen MR) is 95.6 cm³/mol. The van der Waals surface area contributed by atoms with Crippen molar-refractivity contribution in [3.8, 4) is 0 Å². The summed E-state index contributed by atoms with van der Waals surface area (Å²) in [6.45, 7) is 1.59. The number of nitrogens with zero attached hydrogens (tertiary/aromatic N) is 5. The summed E-state index contributed by atoms with van der Waals surface area (Å²) in [5.74, 6) is 5.36. The lowest BCUT2D eigenvalue weighted by molar-refractivity contribution is -0.108. The van der Waals surface area contributed by atoms with Crippen molar-refractivity contribution >= 4 is 40.7 Å². The van der Waals surface area contributed by atoms with Gasteiger partial charge in [-0.25, -0.2) is 10.8 Å². The number of carbonyl (C=O) groups is 2. The number of amides is 1. The monoisotopic (exact) mass is 352 g/mol. The van der Waals surface area contributed by atoms with Gasteiger partial charge in [0.25, 0.3) is 5.91 Å². The topological polar surface area (TPSA) is 153 Å². The molecule has 0 aliphatic rings. The van der Waals surface area contributed by atoms with Crippen molar-refractivity contribution in [1.29, 1.82) is 0 Å². The number of anilines is 3. The van der Waals surface area contributed by atoms with Crippen LogP contribution in [0, 0.1) is 0 Å². The van der Waals surface area contributed by atoms with Crippen LogP contribution in [0.5, 0.6) is 0 Å². The number of rotatable bonds is 6. The number of hydrogen-bond acceptors (Lipinski definition) is 9. The van der Waals surface area contributed by atoms with E-state index in [1.165, 1.54) is 6.20 Å². The Labute approximate surface area is 148 Å². The molecule has 5 N–H and O–H groups in total. The molecular weight excluding hydrogens is 336 g/mol. The van der Waals surface area contributed by atoms with Crippen LogP contribution in [0.15, 0.2) is 36.8 Å². The zero-order valence-electron chi connectivity index (χ0n) is 13.8. The summed E-state index contributed by atoms with van der Waals surface area (Å²) in [5.41, 5.74) is 7.49. The van der Waals surface area contributed by atoms with Crippen LogP contribution in [0.3, 0.4) is 0 Å². The van der Waals surface area contributed by atoms with E-state index in [0.29, 0.717) is 17.5 Å². The minimum Gasteiger partial charge on any atom is -0.365 e. The van der Waals surface area contributed by atoms with E-state index < -0.39 is 11.9 Å². The molecule has 0 saturated carbocycles. The normalized spacial score (nSPS) is 11.8. The molecular formula is C16H16N8O2. The molecule has 3 rings (SSSR count). The first-order valence-corrected chi connectivity index (χ1v) is 7.63. The van der Waals surface area contributed by atoms with Gasteiger partial charge in [-0.2, -0.15) is 4.98 Å². The Kier molecular flexibility index (Phi) is 4.67. The minimum absolute atomic E-state index is 0.0673. The molecule has 0 bridgehead atoms. The number of aromatic nitrogens is 4. The Morgan fingerprint density at radius 1 is 1.23 bits per heavy atom. The smallest absolute Gasteiger partial charge is 0.254 e. The third-order valence-corrected chi connectivity index (χ3v) is 3.64. The summed E-state index contributed by atoms with van der Waals surface area (Å²) in [6, 6.07) is 4.65. The van der Waals surface area contributed by atoms with Gasteiger partial charge in [-0.15, -0.1) is 0 Å². The molecule has 1 amide bonds. The van der Waals surface area contributed by atoms with Crippen molar-refractivity contribution in [1.82, 2.24) is 19.9 Å². The second-order valence-corrected chi connectivity index (χ2v) is 5.47. The molecule has 3 aromatic rings. The second-order valence-electron chi connectivity index (χ2n) is 5.47. The summed E-state index contributed by atoms with van der Waals surface area (Å²) in [7, 11) is 0. The SMILES string of the molecule is C[C@H](C=O)N(N)c1ncc(C(N)=O)c(Nc2ccc3nccnc3c2)n1. The molecule has 2 heterocycles. The fourth-order valence-electron chi connectivity index (χ4n) is 2.20. The number of primary amides is 1. The van der Waals surface area contributed by atoms with Gasteiger partial charge in [0.15, 0.2) is 0 Å². The van der Waals surface area contributed by atoms with Crippen molar-refractivity contribution in [3.05, 3.63) is 42.4 Å². The fourth-order valence-corrected chi connectivity index (χ4v) is 2.20. The molecule has 10 nitrogen and oxygen atoms in total. The fraction of sp³-hybridized carbons (Fsp3) is 0.125. The van der Waals surface area contributed by atoms with Crippen LogP contribution in [-0.2, 0) is 4.79 Å². The first kappa shape index (κ1) is 17.2. The van der Waals surface area contributed by atoms with Gasteiger partial charge in [0.2, 0.25) is 5.95 Å². The van der Waals surface area contributed by atoms with Crippen molar-refractivity contribution < 1.29 is 9.59 Å². The van der Waals surface area contributed by atoms with E-state index in [1.54, 1.807) is 37.5 Å². The van der Waals surface area contributed by atoms with Crippen LogP contribution < -0.4 is 21.9 Å². The molecule has 0 radical (unpaired) electrons. The second kappa shape index (κ2) is 7.07. The Balaban J connectivity index is 2.00. The molecule has 1 atom stereocenters. The van der Waals surface area contributed by atoms with Gasteiger partial charge in [-0.3, -0.25) is 19.8 Å². The first-order chi connectivity index (χ1) is 12.5. The van der Waals surface area contributed by atoms with E-state index in [1.807, 2.05) is 0 Å². The Bertz CT molecular complexity index is 977. The van der Waals surface area contributed by atoms with Crippen LogP contribution in [0.2, 0.25) is 0 Å². The Morgan fingerprint density at radius 3 is 2.65 bits per heavy atom. The molecule has 26 heavy (non-hydrogen) atoms. The number of hydrazine groups is 1. The number of fused-ring (bicyclic) bond motifs is 1. The van der Waals surface area contributed by atoms with Crippen LogP contribution in [0.25, 0.3) is 11.0 Å². The lowest BCUT2D eigenvalue weighted by Crippen LogP contribution is -2.41. The number of nitrogens with two attached hydrogens (primary N) is 2. The number of benzene rings is 1. The molecule has 0 fully saturated rings. The van der Waals surface area contributed by atoms with Gasteiger partial charge >= 0.3 is 0 Å². The Hall–Kier alpha value is -3.66. The largest absolute Gasteiger partial charge is 0.365 e. The first-order valence-electron chi connectivity index (χ1n) is 7.63. The van der Waals surface area contributed by atoms with E-state index in [-0.39, 0.29) is 17.3 Å². The number of aldehydes is 1. The van der Waals surface area contributed by atoms with Gasteiger partial charge in [-0.1, -0.05) is 0 Å². The summed E-state index contributed by atoms with van der Waals surface area (Å²) in [4.78, 5) is 39.2. The quantitative estimate of drug-likeness (QED) is 0.327. The highest BCUT2D eigenvalue weighted by Crippen LogP contribution is 2.22. The highest BCUT2D eigenvalue weighted by molar-refractivity contribution is 5.98. The maximum atomic E-state index is 11.7. The van der Waals surface area contributed by atoms with E-state index >= 15 is 0 Å². The zero-order valence-corrected chi connectivity index (χ0v) is 13.8. The van der Waals surface area contributed by atoms with Gasteiger partial charge in [0.05, 0.1) is 11.0 Å². The van der Waals surface area contributed by atoms with Crippen LogP contribution in [-0.4, -0.2) is 38.2 Å². The average molecular weight is 352 g/mol. The van der Waals surface area contributed by atoms with Crippen molar-refractivity contribution in [3.63, 3.8) is 0 Å². The van der Waals surface area contributed by atoms with Gasteiger partial charge in [0.1, 0.15) is 23.7 Å². The number of nitrogens with one attached hydrogen (secondary N) is 1. The highest BCUT2D eigenvalue weighted by atomic mass is 16.1. The van der Waals surface area contributed by atoms with Crippen molar-refractivity contribution in [2.75, 3.05) is 10.3 Å². The van der Waals surface area contributed by atoms with Crippen molar-refractivity contribution in [2.24, 2.45) is 11.6 Å². The predicted octanol–water partition coefficient (Wildman–Crippen LogP) is 0.530. The van der Waals surface area contributed by atoms with Gasteiger partial charge in [0, 0.05) is 24.3 Å². The van der Waals surface area contributed by atoms with Crippen molar-refractivity contribution in [2.45, 2.75) is 13.0 Å². The molecule has 2 aromatic heterocycles. The average Bonchev–Trinajstić information content (AvgIpc) is 2.66. The van der Waals surface area contributed by atoms with Crippen LogP contribution >= 0.6 is 0 Å². The van der Waals surface area contributed by atoms with Gasteiger partial charge < -0.3 is 15.8 Å². The molecule has 0 spiro atoms. The summed E-state index contributed by atoms with van der Waals surface area (Å²) < 4.78 is 0. The number of hydrogen-bond donors (Lipinski definition) is 3. The van der Waals surface area contributed by atoms with E-state index in [4.69, 9.17) is 11.6 Å².